The van der Waals surface area contributed by atoms with Crippen LogP contribution in [0.3, 0.4) is 0 Å². The molecule has 0 radical (unpaired) electrons. The number of carbonyl (C=O) groups is 1. The molecule has 0 aliphatic carbocycles. The predicted molar refractivity (Wildman–Crippen MR) is 68.9 cm³/mol. The molecule has 0 amide bonds. The molecule has 1 heterocycles. The summed E-state index contributed by atoms with van der Waals surface area (Å²) >= 11 is 0. The third-order valence-electron chi connectivity index (χ3n) is 3.04. The molecule has 1 saturated heterocycles. The number of para-hydroxylation sites is 1. The van der Waals surface area contributed by atoms with E-state index in [1.54, 1.807) is 7.11 Å². The quantitative estimate of drug-likeness (QED) is 0.851. The van der Waals surface area contributed by atoms with Crippen molar-refractivity contribution in [2.45, 2.75) is 18.9 Å². The minimum Gasteiger partial charge on any atom is -0.496 e. The van der Waals surface area contributed by atoms with Crippen LogP contribution in [-0.4, -0.2) is 38.7 Å². The Morgan fingerprint density at radius 1 is 1.50 bits per heavy atom. The number of hydrogen-bond donors (Lipinski definition) is 1. The molecule has 18 heavy (non-hydrogen) atoms. The fourth-order valence-electron chi connectivity index (χ4n) is 2.14. The van der Waals surface area contributed by atoms with E-state index in [1.807, 2.05) is 24.3 Å². The zero-order chi connectivity index (χ0) is 12.8. The second-order valence-corrected chi connectivity index (χ2v) is 4.43. The fraction of sp³-hybridized carbons (Fsp3) is 0.500. The molecule has 1 aromatic carbocycles. The smallest absolute Gasteiger partial charge is 0.140 e. The topological polar surface area (TPSA) is 47.6 Å². The lowest BCUT2D eigenvalue weighted by atomic mass is 10.0. The third-order valence-corrected chi connectivity index (χ3v) is 3.04. The Kier molecular flexibility index (Phi) is 4.73. The Morgan fingerprint density at radius 3 is 3.06 bits per heavy atom. The average molecular weight is 249 g/mol. The number of benzene rings is 1. The summed E-state index contributed by atoms with van der Waals surface area (Å²) < 4.78 is 10.8. The van der Waals surface area contributed by atoms with E-state index >= 15 is 0 Å². The summed E-state index contributed by atoms with van der Waals surface area (Å²) in [6.07, 6.45) is 0.885. The standard InChI is InChI=1S/C14H19NO3/c1-17-14-5-3-2-4-11(14)8-12(16)9-13-10-15-6-7-18-13/h2-5,13,15H,6-10H2,1H3. The van der Waals surface area contributed by atoms with Gasteiger partial charge in [0.15, 0.2) is 0 Å². The highest BCUT2D eigenvalue weighted by Gasteiger charge is 2.18. The Balaban J connectivity index is 1.90. The summed E-state index contributed by atoms with van der Waals surface area (Å²) in [4.78, 5) is 12.0. The number of nitrogens with one attached hydrogen (secondary N) is 1. The summed E-state index contributed by atoms with van der Waals surface area (Å²) in [7, 11) is 1.62. The molecular weight excluding hydrogens is 230 g/mol. The minimum atomic E-state index is 0.0148. The molecule has 98 valence electrons. The second kappa shape index (κ2) is 6.52. The Morgan fingerprint density at radius 2 is 2.33 bits per heavy atom. The van der Waals surface area contributed by atoms with E-state index in [0.717, 1.165) is 24.4 Å². The van der Waals surface area contributed by atoms with Gasteiger partial charge in [0.25, 0.3) is 0 Å². The lowest BCUT2D eigenvalue weighted by molar-refractivity contribution is -0.121. The molecule has 1 aliphatic rings. The van der Waals surface area contributed by atoms with E-state index in [0.29, 0.717) is 19.4 Å². The SMILES string of the molecule is COc1ccccc1CC(=O)CC1CNCCO1. The van der Waals surface area contributed by atoms with Gasteiger partial charge in [-0.25, -0.2) is 0 Å². The Hall–Kier alpha value is -1.39. The Labute approximate surface area is 107 Å². The van der Waals surface area contributed by atoms with Crippen LogP contribution in [0.25, 0.3) is 0 Å². The molecule has 0 saturated carbocycles. The highest BCUT2D eigenvalue weighted by molar-refractivity contribution is 5.82. The number of Topliss-reactive ketones (excluding diaryl/α,β-unsaturated/α-hetero) is 1. The maximum Gasteiger partial charge on any atom is 0.140 e. The summed E-state index contributed by atoms with van der Waals surface area (Å²) in [5.74, 6) is 0.960. The van der Waals surface area contributed by atoms with Crippen molar-refractivity contribution in [3.05, 3.63) is 29.8 Å². The van der Waals surface area contributed by atoms with Gasteiger partial charge in [0.05, 0.1) is 19.8 Å². The maximum absolute atomic E-state index is 12.0. The molecule has 0 bridgehead atoms. The monoisotopic (exact) mass is 249 g/mol. The lowest BCUT2D eigenvalue weighted by Crippen LogP contribution is -2.39. The fourth-order valence-corrected chi connectivity index (χ4v) is 2.14. The number of ether oxygens (including phenoxy) is 2. The van der Waals surface area contributed by atoms with Gasteiger partial charge in [0.1, 0.15) is 11.5 Å². The number of morpholine rings is 1. The summed E-state index contributed by atoms with van der Waals surface area (Å²) in [6.45, 7) is 2.32. The van der Waals surface area contributed by atoms with E-state index in [1.165, 1.54) is 0 Å². The number of methoxy groups -OCH3 is 1. The predicted octanol–water partition coefficient (Wildman–Crippen LogP) is 1.19. The van der Waals surface area contributed by atoms with Crippen LogP contribution < -0.4 is 10.1 Å². The van der Waals surface area contributed by atoms with Gasteiger partial charge < -0.3 is 14.8 Å². The molecule has 1 atom stereocenters. The maximum atomic E-state index is 12.0. The molecule has 2 rings (SSSR count). The molecule has 0 aromatic heterocycles. The number of carbonyl (C=O) groups excluding carboxylic acids is 1. The van der Waals surface area contributed by atoms with Crippen LogP contribution in [0.5, 0.6) is 5.75 Å². The van der Waals surface area contributed by atoms with Gasteiger partial charge in [0, 0.05) is 31.5 Å². The van der Waals surface area contributed by atoms with Crippen molar-refractivity contribution in [1.29, 1.82) is 0 Å². The first-order valence-corrected chi connectivity index (χ1v) is 6.25. The van der Waals surface area contributed by atoms with Crippen LogP contribution in [0.2, 0.25) is 0 Å². The largest absolute Gasteiger partial charge is 0.496 e. The Bertz CT molecular complexity index is 400. The molecule has 1 N–H and O–H groups in total. The minimum absolute atomic E-state index is 0.0148. The normalized spacial score (nSPS) is 19.5. The van der Waals surface area contributed by atoms with Crippen molar-refractivity contribution in [1.82, 2.24) is 5.32 Å². The van der Waals surface area contributed by atoms with Crippen LogP contribution in [-0.2, 0) is 16.0 Å². The molecule has 0 spiro atoms. The summed E-state index contributed by atoms with van der Waals surface area (Å²) in [6, 6.07) is 7.63. The summed E-state index contributed by atoms with van der Waals surface area (Å²) in [5.41, 5.74) is 0.939. The van der Waals surface area contributed by atoms with Crippen molar-refractivity contribution in [3.8, 4) is 5.75 Å². The van der Waals surface area contributed by atoms with Crippen LogP contribution in [0.1, 0.15) is 12.0 Å². The van der Waals surface area contributed by atoms with E-state index in [-0.39, 0.29) is 11.9 Å². The summed E-state index contributed by atoms with van der Waals surface area (Å²) in [5, 5.41) is 3.22. The van der Waals surface area contributed by atoms with Crippen LogP contribution in [0.15, 0.2) is 24.3 Å². The molecular formula is C14H19NO3. The zero-order valence-electron chi connectivity index (χ0n) is 10.6. The molecule has 1 aliphatic heterocycles. The van der Waals surface area contributed by atoms with E-state index < -0.39 is 0 Å². The number of hydrogen-bond acceptors (Lipinski definition) is 4. The van der Waals surface area contributed by atoms with Gasteiger partial charge in [-0.15, -0.1) is 0 Å². The van der Waals surface area contributed by atoms with E-state index in [4.69, 9.17) is 9.47 Å². The molecule has 1 unspecified atom stereocenters. The van der Waals surface area contributed by atoms with Gasteiger partial charge in [-0.1, -0.05) is 18.2 Å². The lowest BCUT2D eigenvalue weighted by Gasteiger charge is -2.23. The van der Waals surface area contributed by atoms with Crippen molar-refractivity contribution >= 4 is 5.78 Å². The van der Waals surface area contributed by atoms with Crippen LogP contribution >= 0.6 is 0 Å². The van der Waals surface area contributed by atoms with Crippen molar-refractivity contribution in [2.75, 3.05) is 26.8 Å². The molecule has 4 nitrogen and oxygen atoms in total. The molecule has 1 fully saturated rings. The van der Waals surface area contributed by atoms with Gasteiger partial charge in [-0.3, -0.25) is 4.79 Å². The molecule has 4 heteroatoms. The van der Waals surface area contributed by atoms with Crippen LogP contribution in [0, 0.1) is 0 Å². The first-order valence-electron chi connectivity index (χ1n) is 6.25. The highest BCUT2D eigenvalue weighted by Crippen LogP contribution is 2.19. The van der Waals surface area contributed by atoms with Crippen molar-refractivity contribution in [3.63, 3.8) is 0 Å². The van der Waals surface area contributed by atoms with Crippen LogP contribution in [0.4, 0.5) is 0 Å². The second-order valence-electron chi connectivity index (χ2n) is 4.43. The van der Waals surface area contributed by atoms with Crippen molar-refractivity contribution in [2.24, 2.45) is 0 Å². The van der Waals surface area contributed by atoms with Crippen molar-refractivity contribution < 1.29 is 14.3 Å². The number of ketones is 1. The third kappa shape index (κ3) is 3.55. The molecule has 1 aromatic rings. The number of rotatable bonds is 5. The van der Waals surface area contributed by atoms with Gasteiger partial charge in [0.2, 0.25) is 0 Å². The van der Waals surface area contributed by atoms with E-state index in [2.05, 4.69) is 5.32 Å². The first-order chi connectivity index (χ1) is 8.79. The van der Waals surface area contributed by atoms with E-state index in [9.17, 15) is 4.79 Å². The average Bonchev–Trinajstić information content (AvgIpc) is 2.40. The highest BCUT2D eigenvalue weighted by atomic mass is 16.5. The first kappa shape index (κ1) is 13.1. The van der Waals surface area contributed by atoms with Gasteiger partial charge in [-0.2, -0.15) is 0 Å². The van der Waals surface area contributed by atoms with Gasteiger partial charge >= 0.3 is 0 Å². The zero-order valence-corrected chi connectivity index (χ0v) is 10.6. The van der Waals surface area contributed by atoms with Gasteiger partial charge in [-0.05, 0) is 6.07 Å².